The molecule has 0 spiro atoms. The molecule has 1 aromatic carbocycles. The zero-order valence-electron chi connectivity index (χ0n) is 11.4. The molecule has 0 atom stereocenters. The van der Waals surface area contributed by atoms with E-state index in [9.17, 15) is 4.79 Å². The van der Waals surface area contributed by atoms with E-state index in [1.54, 1.807) is 7.11 Å². The molecule has 1 fully saturated rings. The van der Waals surface area contributed by atoms with E-state index >= 15 is 0 Å². The smallest absolute Gasteiger partial charge is 0.234 e. The van der Waals surface area contributed by atoms with Crippen molar-refractivity contribution in [3.8, 4) is 5.75 Å². The average molecular weight is 262 g/mol. The van der Waals surface area contributed by atoms with Gasteiger partial charge in [0.2, 0.25) is 5.91 Å². The van der Waals surface area contributed by atoms with Crippen LogP contribution >= 0.6 is 0 Å². The Morgan fingerprint density at radius 2 is 2.05 bits per heavy atom. The highest BCUT2D eigenvalue weighted by Crippen LogP contribution is 2.17. The lowest BCUT2D eigenvalue weighted by Gasteiger charge is -2.12. The second kappa shape index (κ2) is 7.14. The summed E-state index contributed by atoms with van der Waals surface area (Å²) in [5.41, 5.74) is 0.999. The molecule has 0 aliphatic heterocycles. The van der Waals surface area contributed by atoms with E-state index < -0.39 is 0 Å². The number of rotatable bonds is 6. The SMILES string of the molecule is COc1ccccc1CNC(=O)CNC1CCCC1. The van der Waals surface area contributed by atoms with E-state index in [0.29, 0.717) is 19.1 Å². The van der Waals surface area contributed by atoms with Gasteiger partial charge in [-0.05, 0) is 18.9 Å². The predicted molar refractivity (Wildman–Crippen MR) is 75.1 cm³/mol. The van der Waals surface area contributed by atoms with Gasteiger partial charge in [-0.25, -0.2) is 0 Å². The molecule has 0 aromatic heterocycles. The Morgan fingerprint density at radius 3 is 2.79 bits per heavy atom. The Hall–Kier alpha value is -1.55. The molecular formula is C15H22N2O2. The molecule has 0 heterocycles. The number of methoxy groups -OCH3 is 1. The second-order valence-corrected chi connectivity index (χ2v) is 4.95. The van der Waals surface area contributed by atoms with Gasteiger partial charge in [0.15, 0.2) is 0 Å². The van der Waals surface area contributed by atoms with Crippen LogP contribution in [0.15, 0.2) is 24.3 Å². The van der Waals surface area contributed by atoms with Crippen LogP contribution in [0.5, 0.6) is 5.75 Å². The first-order valence-electron chi connectivity index (χ1n) is 6.91. The average Bonchev–Trinajstić information content (AvgIpc) is 2.96. The maximum Gasteiger partial charge on any atom is 0.234 e. The highest BCUT2D eigenvalue weighted by atomic mass is 16.5. The van der Waals surface area contributed by atoms with E-state index in [1.165, 1.54) is 25.7 Å². The zero-order chi connectivity index (χ0) is 13.5. The van der Waals surface area contributed by atoms with Crippen LogP contribution in [0.3, 0.4) is 0 Å². The lowest BCUT2D eigenvalue weighted by atomic mass is 10.2. The Bertz CT molecular complexity index is 414. The Morgan fingerprint density at radius 1 is 1.32 bits per heavy atom. The van der Waals surface area contributed by atoms with Crippen molar-refractivity contribution in [3.05, 3.63) is 29.8 Å². The molecule has 19 heavy (non-hydrogen) atoms. The third kappa shape index (κ3) is 4.24. The molecule has 0 radical (unpaired) electrons. The number of para-hydroxylation sites is 1. The van der Waals surface area contributed by atoms with Crippen LogP contribution in [-0.4, -0.2) is 25.6 Å². The van der Waals surface area contributed by atoms with Gasteiger partial charge in [-0.1, -0.05) is 31.0 Å². The first kappa shape index (κ1) is 13.9. The number of hydrogen-bond acceptors (Lipinski definition) is 3. The number of nitrogens with one attached hydrogen (secondary N) is 2. The van der Waals surface area contributed by atoms with Crippen LogP contribution < -0.4 is 15.4 Å². The molecule has 1 aromatic rings. The third-order valence-corrected chi connectivity index (χ3v) is 3.57. The number of amides is 1. The van der Waals surface area contributed by atoms with Crippen LogP contribution in [0.4, 0.5) is 0 Å². The highest BCUT2D eigenvalue weighted by molar-refractivity contribution is 5.78. The highest BCUT2D eigenvalue weighted by Gasteiger charge is 2.15. The molecule has 104 valence electrons. The summed E-state index contributed by atoms with van der Waals surface area (Å²) in [6.07, 6.45) is 4.95. The van der Waals surface area contributed by atoms with Gasteiger partial charge in [0.25, 0.3) is 0 Å². The minimum Gasteiger partial charge on any atom is -0.496 e. The molecule has 4 nitrogen and oxygen atoms in total. The van der Waals surface area contributed by atoms with Crippen LogP contribution in [-0.2, 0) is 11.3 Å². The Balaban J connectivity index is 1.73. The number of ether oxygens (including phenoxy) is 1. The molecule has 1 amide bonds. The van der Waals surface area contributed by atoms with Crippen molar-refractivity contribution in [3.63, 3.8) is 0 Å². The van der Waals surface area contributed by atoms with Crippen LogP contribution in [0.2, 0.25) is 0 Å². The van der Waals surface area contributed by atoms with Crippen LogP contribution in [0.1, 0.15) is 31.2 Å². The topological polar surface area (TPSA) is 50.4 Å². The number of benzene rings is 1. The van der Waals surface area contributed by atoms with Crippen molar-refractivity contribution in [1.82, 2.24) is 10.6 Å². The van der Waals surface area contributed by atoms with Gasteiger partial charge in [-0.2, -0.15) is 0 Å². The zero-order valence-corrected chi connectivity index (χ0v) is 11.4. The fourth-order valence-corrected chi connectivity index (χ4v) is 2.47. The molecule has 1 saturated carbocycles. The summed E-state index contributed by atoms with van der Waals surface area (Å²) in [6.45, 7) is 0.912. The van der Waals surface area contributed by atoms with Crippen molar-refractivity contribution >= 4 is 5.91 Å². The van der Waals surface area contributed by atoms with Gasteiger partial charge >= 0.3 is 0 Å². The first-order chi connectivity index (χ1) is 9.29. The van der Waals surface area contributed by atoms with Crippen molar-refractivity contribution < 1.29 is 9.53 Å². The third-order valence-electron chi connectivity index (χ3n) is 3.57. The van der Waals surface area contributed by atoms with Gasteiger partial charge in [0.1, 0.15) is 5.75 Å². The predicted octanol–water partition coefficient (Wildman–Crippen LogP) is 1.84. The van der Waals surface area contributed by atoms with Gasteiger partial charge in [0.05, 0.1) is 13.7 Å². The molecule has 1 aliphatic carbocycles. The summed E-state index contributed by atoms with van der Waals surface area (Å²) < 4.78 is 5.25. The summed E-state index contributed by atoms with van der Waals surface area (Å²) in [7, 11) is 1.64. The summed E-state index contributed by atoms with van der Waals surface area (Å²) in [5.74, 6) is 0.851. The minimum absolute atomic E-state index is 0.0396. The molecule has 0 saturated heterocycles. The standard InChI is InChI=1S/C15H22N2O2/c1-19-14-9-5-2-6-12(14)10-17-15(18)11-16-13-7-3-4-8-13/h2,5-6,9,13,16H,3-4,7-8,10-11H2,1H3,(H,17,18). The summed E-state index contributed by atoms with van der Waals surface area (Å²) in [6, 6.07) is 8.26. The lowest BCUT2D eigenvalue weighted by molar-refractivity contribution is -0.120. The van der Waals surface area contributed by atoms with Crippen LogP contribution in [0.25, 0.3) is 0 Å². The maximum absolute atomic E-state index is 11.8. The van der Waals surface area contributed by atoms with Crippen LogP contribution in [0, 0.1) is 0 Å². The van der Waals surface area contributed by atoms with Gasteiger partial charge < -0.3 is 15.4 Å². The van der Waals surface area contributed by atoms with E-state index in [4.69, 9.17) is 4.74 Å². The van der Waals surface area contributed by atoms with E-state index in [2.05, 4.69) is 10.6 Å². The number of hydrogen-bond donors (Lipinski definition) is 2. The molecule has 2 N–H and O–H groups in total. The molecule has 1 aliphatic rings. The molecule has 4 heteroatoms. The van der Waals surface area contributed by atoms with Gasteiger partial charge in [-0.15, -0.1) is 0 Å². The van der Waals surface area contributed by atoms with E-state index in [-0.39, 0.29) is 5.91 Å². The van der Waals surface area contributed by atoms with Gasteiger partial charge in [0, 0.05) is 18.2 Å². The molecule has 0 unspecified atom stereocenters. The van der Waals surface area contributed by atoms with E-state index in [0.717, 1.165) is 11.3 Å². The number of carbonyl (C=O) groups is 1. The maximum atomic E-state index is 11.8. The molecular weight excluding hydrogens is 240 g/mol. The van der Waals surface area contributed by atoms with Crippen molar-refractivity contribution in [2.75, 3.05) is 13.7 Å². The fraction of sp³-hybridized carbons (Fsp3) is 0.533. The quantitative estimate of drug-likeness (QED) is 0.822. The Kier molecular flexibility index (Phi) is 5.21. The number of carbonyl (C=O) groups excluding carboxylic acids is 1. The molecule has 2 rings (SSSR count). The second-order valence-electron chi connectivity index (χ2n) is 4.95. The minimum atomic E-state index is 0.0396. The monoisotopic (exact) mass is 262 g/mol. The van der Waals surface area contributed by atoms with Crippen molar-refractivity contribution in [2.24, 2.45) is 0 Å². The largest absolute Gasteiger partial charge is 0.496 e. The Labute approximate surface area is 114 Å². The van der Waals surface area contributed by atoms with Crippen molar-refractivity contribution in [1.29, 1.82) is 0 Å². The lowest BCUT2D eigenvalue weighted by Crippen LogP contribution is -2.37. The van der Waals surface area contributed by atoms with Gasteiger partial charge in [-0.3, -0.25) is 4.79 Å². The first-order valence-corrected chi connectivity index (χ1v) is 6.91. The normalized spacial score (nSPS) is 15.4. The summed E-state index contributed by atoms with van der Waals surface area (Å²) in [4.78, 5) is 11.8. The summed E-state index contributed by atoms with van der Waals surface area (Å²) in [5, 5.41) is 6.22. The summed E-state index contributed by atoms with van der Waals surface area (Å²) >= 11 is 0. The van der Waals surface area contributed by atoms with Crippen molar-refractivity contribution in [2.45, 2.75) is 38.3 Å². The van der Waals surface area contributed by atoms with E-state index in [1.807, 2.05) is 24.3 Å². The fourth-order valence-electron chi connectivity index (χ4n) is 2.47. The molecule has 0 bridgehead atoms.